The van der Waals surface area contributed by atoms with Crippen LogP contribution in [-0.4, -0.2) is 42.4 Å². The van der Waals surface area contributed by atoms with Gasteiger partial charge < -0.3 is 29.3 Å². The molecule has 2 N–H and O–H groups in total. The van der Waals surface area contributed by atoms with Gasteiger partial charge in [-0.3, -0.25) is 0 Å². The molecule has 162 valence electrons. The Balaban J connectivity index is 1.39. The summed E-state index contributed by atoms with van der Waals surface area (Å²) < 4.78 is 17.4. The predicted octanol–water partition coefficient (Wildman–Crippen LogP) is 4.27. The Morgan fingerprint density at radius 1 is 0.871 bits per heavy atom. The van der Waals surface area contributed by atoms with Crippen LogP contribution in [0, 0.1) is 0 Å². The Kier molecular flexibility index (Phi) is 6.72. The molecular weight excluding hydrogens is 394 g/mol. The minimum Gasteiger partial charge on any atom is -0.492 e. The lowest BCUT2D eigenvalue weighted by molar-refractivity contribution is -0.142. The molecule has 0 saturated carbocycles. The number of rotatable bonds is 9. The summed E-state index contributed by atoms with van der Waals surface area (Å²) in [5.41, 5.74) is 2.99. The molecule has 1 aliphatic rings. The molecule has 1 heterocycles. The van der Waals surface area contributed by atoms with Crippen LogP contribution < -0.4 is 14.4 Å². The van der Waals surface area contributed by atoms with Crippen molar-refractivity contribution in [3.63, 3.8) is 0 Å². The first kappa shape index (κ1) is 21.2. The van der Waals surface area contributed by atoms with E-state index >= 15 is 0 Å². The molecule has 6 nitrogen and oxygen atoms in total. The van der Waals surface area contributed by atoms with Gasteiger partial charge in [-0.05, 0) is 48.9 Å². The fourth-order valence-electron chi connectivity index (χ4n) is 3.70. The second-order valence-electron chi connectivity index (χ2n) is 7.29. The van der Waals surface area contributed by atoms with Crippen LogP contribution in [0.15, 0.2) is 72.8 Å². The summed E-state index contributed by atoms with van der Waals surface area (Å²) in [6.07, 6.45) is -1.72. The highest BCUT2D eigenvalue weighted by Gasteiger charge is 2.23. The van der Waals surface area contributed by atoms with E-state index in [4.69, 9.17) is 14.2 Å². The molecule has 6 heteroatoms. The lowest BCUT2D eigenvalue weighted by Crippen LogP contribution is -2.30. The molecule has 3 aromatic rings. The highest BCUT2D eigenvalue weighted by Crippen LogP contribution is 2.45. The van der Waals surface area contributed by atoms with Gasteiger partial charge in [0.25, 0.3) is 0 Å². The van der Waals surface area contributed by atoms with Crippen molar-refractivity contribution in [2.45, 2.75) is 25.7 Å². The third kappa shape index (κ3) is 4.99. The normalized spacial score (nSPS) is 13.4. The molecular formula is C25H27NO5. The Morgan fingerprint density at radius 3 is 2.06 bits per heavy atom. The smallest absolute Gasteiger partial charge is 0.178 e. The molecule has 4 rings (SSSR count). The molecule has 1 atom stereocenters. The fraction of sp³-hybridized carbons (Fsp3) is 0.280. The molecule has 0 spiro atoms. The molecule has 0 radical (unpaired) electrons. The summed E-state index contributed by atoms with van der Waals surface area (Å²) in [7, 11) is 0. The van der Waals surface area contributed by atoms with Crippen LogP contribution in [0.2, 0.25) is 0 Å². The van der Waals surface area contributed by atoms with E-state index in [9.17, 15) is 10.2 Å². The van der Waals surface area contributed by atoms with E-state index in [-0.39, 0.29) is 0 Å². The highest BCUT2D eigenvalue weighted by molar-refractivity contribution is 5.77. The third-order valence-electron chi connectivity index (χ3n) is 5.19. The van der Waals surface area contributed by atoms with Crippen molar-refractivity contribution in [1.82, 2.24) is 0 Å². The van der Waals surface area contributed by atoms with Crippen LogP contribution in [0.1, 0.15) is 12.5 Å². The van der Waals surface area contributed by atoms with E-state index in [0.29, 0.717) is 26.2 Å². The molecule has 1 aliphatic heterocycles. The van der Waals surface area contributed by atoms with Crippen molar-refractivity contribution >= 4 is 11.4 Å². The predicted molar refractivity (Wildman–Crippen MR) is 119 cm³/mol. The van der Waals surface area contributed by atoms with Crippen molar-refractivity contribution in [2.24, 2.45) is 0 Å². The van der Waals surface area contributed by atoms with Crippen molar-refractivity contribution in [2.75, 3.05) is 24.7 Å². The van der Waals surface area contributed by atoms with Crippen molar-refractivity contribution in [3.05, 3.63) is 78.4 Å². The molecule has 0 fully saturated rings. The van der Waals surface area contributed by atoms with Crippen LogP contribution in [0.4, 0.5) is 11.4 Å². The minimum atomic E-state index is -1.50. The number of fused-ring (bicyclic) bond motifs is 2. The summed E-state index contributed by atoms with van der Waals surface area (Å²) >= 11 is 0. The number of hydrogen-bond donors (Lipinski definition) is 2. The maximum atomic E-state index is 9.43. The summed E-state index contributed by atoms with van der Waals surface area (Å²) in [5, 5.41) is 18.9. The van der Waals surface area contributed by atoms with Gasteiger partial charge in [-0.1, -0.05) is 36.4 Å². The van der Waals surface area contributed by atoms with Crippen molar-refractivity contribution in [3.8, 4) is 17.2 Å². The second kappa shape index (κ2) is 9.83. The van der Waals surface area contributed by atoms with Gasteiger partial charge in [0, 0.05) is 13.0 Å². The molecule has 0 amide bonds. The Labute approximate surface area is 182 Å². The molecule has 31 heavy (non-hydrogen) atoms. The molecule has 0 saturated heterocycles. The Hall–Kier alpha value is -3.06. The first-order valence-corrected chi connectivity index (χ1v) is 10.5. The number of nitrogens with zero attached hydrogens (tertiary/aromatic N) is 1. The number of hydrogen-bond acceptors (Lipinski definition) is 6. The van der Waals surface area contributed by atoms with Crippen LogP contribution in [0.3, 0.4) is 0 Å². The number of aliphatic hydroxyl groups excluding tert-OH is 1. The summed E-state index contributed by atoms with van der Waals surface area (Å²) in [6.45, 7) is 3.43. The molecule has 3 aromatic carbocycles. The van der Waals surface area contributed by atoms with Gasteiger partial charge >= 0.3 is 0 Å². The number of para-hydroxylation sites is 4. The zero-order valence-corrected chi connectivity index (χ0v) is 17.5. The van der Waals surface area contributed by atoms with Crippen LogP contribution in [0.25, 0.3) is 0 Å². The third-order valence-corrected chi connectivity index (χ3v) is 5.19. The second-order valence-corrected chi connectivity index (χ2v) is 7.29. The van der Waals surface area contributed by atoms with Gasteiger partial charge in [-0.25, -0.2) is 0 Å². The topological polar surface area (TPSA) is 71.4 Å². The first-order valence-electron chi connectivity index (χ1n) is 10.5. The number of ether oxygens (including phenoxy) is 3. The lowest BCUT2D eigenvalue weighted by Gasteiger charge is -2.32. The molecule has 0 bridgehead atoms. The maximum absolute atomic E-state index is 9.43. The van der Waals surface area contributed by atoms with Crippen LogP contribution in [-0.2, 0) is 11.2 Å². The average molecular weight is 421 g/mol. The largest absolute Gasteiger partial charge is 0.492 e. The van der Waals surface area contributed by atoms with Crippen molar-refractivity contribution < 1.29 is 24.4 Å². The summed E-state index contributed by atoms with van der Waals surface area (Å²) in [6, 6.07) is 23.6. The van der Waals surface area contributed by atoms with Gasteiger partial charge in [0.05, 0.1) is 17.9 Å². The van der Waals surface area contributed by atoms with Crippen LogP contribution >= 0.6 is 0 Å². The highest BCUT2D eigenvalue weighted by atomic mass is 16.6. The minimum absolute atomic E-state index is 0.424. The van der Waals surface area contributed by atoms with Crippen molar-refractivity contribution in [1.29, 1.82) is 0 Å². The van der Waals surface area contributed by atoms with Crippen LogP contribution in [0.5, 0.6) is 17.2 Å². The number of benzene rings is 3. The van der Waals surface area contributed by atoms with E-state index < -0.39 is 12.4 Å². The first-order chi connectivity index (χ1) is 15.2. The van der Waals surface area contributed by atoms with Gasteiger partial charge in [-0.2, -0.15) is 0 Å². The van der Waals surface area contributed by atoms with E-state index in [1.54, 1.807) is 0 Å². The molecule has 0 unspecified atom stereocenters. The monoisotopic (exact) mass is 421 g/mol. The SMILES string of the molecule is CCO[C@@H](Cc1ccc(OCCN2c3ccccc3Oc3ccccc32)cc1)C(O)O. The number of aliphatic hydroxyl groups is 2. The Bertz CT molecular complexity index is 944. The standard InChI is InChI=1S/C25H27NO5/c1-2-29-24(25(27)28)17-18-11-13-19(14-12-18)30-16-15-26-20-7-3-5-9-22(20)31-23-10-6-4-8-21(23)26/h3-14,24-25,27-28H,2,15-17H2,1H3/t24-/m0/s1. The van der Waals surface area contributed by atoms with Gasteiger partial charge in [0.1, 0.15) is 18.5 Å². The lowest BCUT2D eigenvalue weighted by atomic mass is 10.1. The molecule has 0 aromatic heterocycles. The van der Waals surface area contributed by atoms with E-state index in [1.807, 2.05) is 79.7 Å². The zero-order valence-electron chi connectivity index (χ0n) is 17.5. The average Bonchev–Trinajstić information content (AvgIpc) is 2.79. The molecule has 0 aliphatic carbocycles. The van der Waals surface area contributed by atoms with E-state index in [2.05, 4.69) is 4.90 Å². The number of anilines is 2. The summed E-state index contributed by atoms with van der Waals surface area (Å²) in [5.74, 6) is 2.43. The summed E-state index contributed by atoms with van der Waals surface area (Å²) in [4.78, 5) is 2.21. The van der Waals surface area contributed by atoms with E-state index in [1.165, 1.54) is 0 Å². The maximum Gasteiger partial charge on any atom is 0.178 e. The zero-order chi connectivity index (χ0) is 21.6. The van der Waals surface area contributed by atoms with E-state index in [0.717, 1.165) is 34.2 Å². The Morgan fingerprint density at radius 2 is 1.48 bits per heavy atom. The van der Waals surface area contributed by atoms with Gasteiger partial charge in [-0.15, -0.1) is 0 Å². The van der Waals surface area contributed by atoms with Gasteiger partial charge in [0.2, 0.25) is 0 Å². The fourth-order valence-corrected chi connectivity index (χ4v) is 3.70. The van der Waals surface area contributed by atoms with Gasteiger partial charge in [0.15, 0.2) is 17.8 Å². The quantitative estimate of drug-likeness (QED) is 0.503.